The molecule has 2 nitrogen and oxygen atoms in total. The second-order valence-corrected chi connectivity index (χ2v) is 28.9. The number of benzene rings is 9. The fourth-order valence-electron chi connectivity index (χ4n) is 17.2. The highest BCUT2D eigenvalue weighted by Gasteiger charge is 2.44. The number of hydrogen-bond donors (Lipinski definition) is 0. The molecule has 2 aliphatic rings. The largest absolute Gasteiger partial charge is 0.254 e. The fraction of sp³-hybridized carbons (Fsp3) is 0.391. The van der Waals surface area contributed by atoms with Crippen LogP contribution in [0.25, 0.3) is 110 Å². The van der Waals surface area contributed by atoms with Gasteiger partial charge in [0, 0.05) is 33.4 Å². The van der Waals surface area contributed by atoms with Gasteiger partial charge in [-0.2, -0.15) is 0 Å². The Kier molecular flexibility index (Phi) is 20.7. The molecule has 0 atom stereocenters. The van der Waals surface area contributed by atoms with Crippen LogP contribution < -0.4 is 0 Å². The lowest BCUT2D eigenvalue weighted by molar-refractivity contribution is 0.398. The van der Waals surface area contributed by atoms with Gasteiger partial charge < -0.3 is 0 Å². The predicted molar refractivity (Wildman–Crippen MR) is 408 cm³/mol. The van der Waals surface area contributed by atoms with Crippen LogP contribution in [0.2, 0.25) is 0 Å². The molecule has 94 heavy (non-hydrogen) atoms. The second-order valence-electron chi connectivity index (χ2n) is 28.9. The molecule has 0 fully saturated rings. The predicted octanol–water partition coefficient (Wildman–Crippen LogP) is 27.9. The molecule has 13 rings (SSSR count). The highest BCUT2D eigenvalue weighted by Crippen LogP contribution is 2.58. The van der Waals surface area contributed by atoms with Gasteiger partial charge in [0.25, 0.3) is 0 Å². The monoisotopic (exact) mass is 1240 g/mol. The Bertz CT molecular complexity index is 4410. The Labute approximate surface area is 564 Å². The number of pyridine rings is 2. The lowest BCUT2D eigenvalue weighted by Gasteiger charge is -2.33. The Morgan fingerprint density at radius 1 is 0.287 bits per heavy atom. The van der Waals surface area contributed by atoms with Crippen LogP contribution in [0, 0.1) is 13.8 Å². The fourth-order valence-corrected chi connectivity index (χ4v) is 17.2. The number of rotatable bonds is 32. The van der Waals surface area contributed by atoms with Crippen LogP contribution in [0.15, 0.2) is 182 Å². The van der Waals surface area contributed by atoms with Crippen molar-refractivity contribution in [1.29, 1.82) is 0 Å². The summed E-state index contributed by atoms with van der Waals surface area (Å²) in [4.78, 5) is 10.6. The summed E-state index contributed by atoms with van der Waals surface area (Å²) in [7, 11) is 0. The van der Waals surface area contributed by atoms with Crippen molar-refractivity contribution >= 4 is 43.4 Å². The molecule has 0 bridgehead atoms. The zero-order valence-corrected chi connectivity index (χ0v) is 58.0. The molecule has 0 N–H and O–H groups in total. The van der Waals surface area contributed by atoms with E-state index in [0.29, 0.717) is 0 Å². The van der Waals surface area contributed by atoms with Crippen molar-refractivity contribution in [2.24, 2.45) is 0 Å². The summed E-state index contributed by atoms with van der Waals surface area (Å²) in [6, 6.07) is 69.7. The van der Waals surface area contributed by atoms with Crippen LogP contribution >= 0.6 is 0 Å². The van der Waals surface area contributed by atoms with Gasteiger partial charge in [-0.25, -0.2) is 4.98 Å². The molecule has 0 saturated heterocycles. The lowest BCUT2D eigenvalue weighted by atomic mass is 9.69. The van der Waals surface area contributed by atoms with Gasteiger partial charge >= 0.3 is 0 Å². The third kappa shape index (κ3) is 13.4. The highest BCUT2D eigenvalue weighted by atomic mass is 14.8. The first-order valence-electron chi connectivity index (χ1n) is 37.5. The summed E-state index contributed by atoms with van der Waals surface area (Å²) >= 11 is 0. The molecule has 0 aliphatic heterocycles. The first-order valence-corrected chi connectivity index (χ1v) is 37.5. The van der Waals surface area contributed by atoms with Gasteiger partial charge in [0.15, 0.2) is 0 Å². The zero-order chi connectivity index (χ0) is 64.4. The maximum absolute atomic E-state index is 5.62. The molecule has 11 aromatic rings. The quantitative estimate of drug-likeness (QED) is 0.0239. The van der Waals surface area contributed by atoms with Crippen LogP contribution in [0.1, 0.15) is 241 Å². The van der Waals surface area contributed by atoms with Gasteiger partial charge in [0.1, 0.15) is 0 Å². The average molecular weight is 1240 g/mol. The molecular weight excluding hydrogens is 1130 g/mol. The molecule has 0 radical (unpaired) electrons. The molecule has 2 heteroatoms. The minimum atomic E-state index is -0.127. The zero-order valence-electron chi connectivity index (χ0n) is 58.0. The third-order valence-corrected chi connectivity index (χ3v) is 22.4. The van der Waals surface area contributed by atoms with Crippen LogP contribution in [0.3, 0.4) is 0 Å². The molecule has 0 saturated carbocycles. The van der Waals surface area contributed by atoms with E-state index in [2.05, 4.69) is 211 Å². The normalized spacial score (nSPS) is 13.5. The van der Waals surface area contributed by atoms with E-state index in [1.165, 1.54) is 261 Å². The third-order valence-electron chi connectivity index (χ3n) is 22.4. The second kappa shape index (κ2) is 29.9. The number of unbranched alkanes of at least 4 members (excludes halogenated alkanes) is 20. The van der Waals surface area contributed by atoms with Crippen molar-refractivity contribution in [2.45, 2.75) is 232 Å². The molecule has 2 aliphatic carbocycles. The molecule has 2 heterocycles. The van der Waals surface area contributed by atoms with E-state index in [1.807, 2.05) is 12.3 Å². The Balaban J connectivity index is 0.973. The van der Waals surface area contributed by atoms with Crippen molar-refractivity contribution in [3.05, 3.63) is 216 Å². The van der Waals surface area contributed by atoms with Crippen LogP contribution in [0.4, 0.5) is 0 Å². The summed E-state index contributed by atoms with van der Waals surface area (Å²) < 4.78 is 0. The molecule has 0 spiro atoms. The molecular formula is C92H104N2. The van der Waals surface area contributed by atoms with Crippen molar-refractivity contribution in [1.82, 2.24) is 9.97 Å². The van der Waals surface area contributed by atoms with Gasteiger partial charge in [-0.15, -0.1) is 0 Å². The number of nitrogens with zero attached hydrogens (tertiary/aromatic N) is 2. The van der Waals surface area contributed by atoms with E-state index in [9.17, 15) is 0 Å². The van der Waals surface area contributed by atoms with Crippen LogP contribution in [-0.2, 0) is 10.8 Å². The van der Waals surface area contributed by atoms with E-state index < -0.39 is 0 Å². The van der Waals surface area contributed by atoms with E-state index in [0.717, 1.165) is 45.9 Å². The molecule has 2 aromatic heterocycles. The van der Waals surface area contributed by atoms with Gasteiger partial charge in [-0.05, 0) is 205 Å². The van der Waals surface area contributed by atoms with Crippen molar-refractivity contribution in [3.8, 4) is 66.9 Å². The number of hydrogen-bond acceptors (Lipinski definition) is 2. The topological polar surface area (TPSA) is 25.8 Å². The Morgan fingerprint density at radius 3 is 1.24 bits per heavy atom. The van der Waals surface area contributed by atoms with E-state index >= 15 is 0 Å². The maximum atomic E-state index is 5.62. The summed E-state index contributed by atoms with van der Waals surface area (Å²) in [5.41, 5.74) is 26.3. The molecule has 0 unspecified atom stereocenters. The number of fused-ring (bicyclic) bond motifs is 11. The number of aromatic nitrogens is 2. The minimum absolute atomic E-state index is 0.0259. The molecule has 0 amide bonds. The van der Waals surface area contributed by atoms with Gasteiger partial charge in [0.05, 0.1) is 16.7 Å². The average Bonchev–Trinajstić information content (AvgIpc) is 1.56. The summed E-state index contributed by atoms with van der Waals surface area (Å²) in [5.74, 6) is 0. The van der Waals surface area contributed by atoms with Crippen molar-refractivity contribution in [2.75, 3.05) is 0 Å². The van der Waals surface area contributed by atoms with Crippen LogP contribution in [0.5, 0.6) is 0 Å². The van der Waals surface area contributed by atoms with Crippen LogP contribution in [-0.4, -0.2) is 9.97 Å². The van der Waals surface area contributed by atoms with Crippen molar-refractivity contribution < 1.29 is 0 Å². The number of aryl methyl sites for hydroxylation is 2. The standard InChI is InChI=1S/C92H104N2/c1-7-11-15-19-23-27-51-91(52-28-24-20-16-12-8-2)84-56-65(5)39-46-78(84)79-47-42-69(62-85(79)91)74-57-75(59-76(58-74)88-50-45-68-41-40-67-37-33-55-93-89(67)90(68)94-88)70-43-48-80-81-49-44-73(77-38-32-36-72-60-82-66(6)34-31-35-71(82)61-83(72)77)64-87(81)92(86(80)63-70,53-29-25-21-17-13-9-3)54-30-26-22-18-14-10-4/h31-50,55-64H,7-30,51-54H2,1-6H3. The summed E-state index contributed by atoms with van der Waals surface area (Å²) in [6.45, 7) is 13.9. The van der Waals surface area contributed by atoms with E-state index in [-0.39, 0.29) is 10.8 Å². The smallest absolute Gasteiger partial charge is 0.0972 e. The van der Waals surface area contributed by atoms with E-state index in [4.69, 9.17) is 9.97 Å². The van der Waals surface area contributed by atoms with Crippen molar-refractivity contribution in [3.63, 3.8) is 0 Å². The minimum Gasteiger partial charge on any atom is -0.254 e. The first-order chi connectivity index (χ1) is 46.2. The van der Waals surface area contributed by atoms with Gasteiger partial charge in [-0.3, -0.25) is 4.98 Å². The van der Waals surface area contributed by atoms with E-state index in [1.54, 1.807) is 16.7 Å². The lowest BCUT2D eigenvalue weighted by Crippen LogP contribution is -2.25. The van der Waals surface area contributed by atoms with Gasteiger partial charge in [-0.1, -0.05) is 303 Å². The first kappa shape index (κ1) is 65.0. The summed E-state index contributed by atoms with van der Waals surface area (Å²) in [6.07, 6.45) is 37.8. The van der Waals surface area contributed by atoms with Gasteiger partial charge in [0.2, 0.25) is 0 Å². The Hall–Kier alpha value is -7.68. The molecule has 482 valence electrons. The highest BCUT2D eigenvalue weighted by molar-refractivity contribution is 6.07. The molecule has 9 aromatic carbocycles. The SMILES string of the molecule is CCCCCCCCC1(CCCCCCCC)c2cc(C)ccc2-c2ccc(-c3cc(-c4ccc5c(c4)C(CCCCCCCC)(CCCCCCCC)c4cc(-c6cccc7cc8c(C)cccc8cc67)ccc4-5)cc(-c4ccc5ccc6cccnc6c5n4)c3)cc21. The summed E-state index contributed by atoms with van der Waals surface area (Å²) in [5, 5.41) is 7.53. The Morgan fingerprint density at radius 2 is 0.702 bits per heavy atom. The maximum Gasteiger partial charge on any atom is 0.0972 e.